The Bertz CT molecular complexity index is 425. The van der Waals surface area contributed by atoms with Crippen LogP contribution in [0.25, 0.3) is 0 Å². The van der Waals surface area contributed by atoms with Gasteiger partial charge >= 0.3 is 0 Å². The molecule has 1 aromatic carbocycles. The number of nitrogens with zero attached hydrogens (tertiary/aromatic N) is 1. The van der Waals surface area contributed by atoms with Crippen LogP contribution < -0.4 is 0 Å². The number of oxazole rings is 1. The fourth-order valence-electron chi connectivity index (χ4n) is 1.36. The second-order valence-corrected chi connectivity index (χ2v) is 4.42. The van der Waals surface area contributed by atoms with Crippen LogP contribution in [0.3, 0.4) is 0 Å². The molecule has 1 N–H and O–H groups in total. The second-order valence-electron chi connectivity index (χ2n) is 3.39. The molecule has 16 heavy (non-hydrogen) atoms. The summed E-state index contributed by atoms with van der Waals surface area (Å²) >= 11 is 1.46. The Kier molecular flexibility index (Phi) is 3.64. The van der Waals surface area contributed by atoms with E-state index in [2.05, 4.69) is 4.98 Å². The summed E-state index contributed by atoms with van der Waals surface area (Å²) < 4.78 is 5.14. The fraction of sp³-hybridized carbons (Fsp3) is 0.250. The fourth-order valence-corrected chi connectivity index (χ4v) is 2.05. The molecule has 0 spiro atoms. The molecule has 0 bridgehead atoms. The third-order valence-electron chi connectivity index (χ3n) is 2.27. The highest BCUT2D eigenvalue weighted by atomic mass is 32.2. The zero-order chi connectivity index (χ0) is 11.4. The molecule has 0 amide bonds. The van der Waals surface area contributed by atoms with Crippen LogP contribution in [0.5, 0.6) is 0 Å². The Morgan fingerprint density at radius 1 is 1.38 bits per heavy atom. The lowest BCUT2D eigenvalue weighted by molar-refractivity contribution is 0.173. The van der Waals surface area contributed by atoms with E-state index in [9.17, 15) is 5.11 Å². The molecule has 4 heteroatoms. The van der Waals surface area contributed by atoms with Crippen LogP contribution in [0.1, 0.15) is 25.0 Å². The van der Waals surface area contributed by atoms with E-state index in [1.54, 1.807) is 12.5 Å². The van der Waals surface area contributed by atoms with Crippen LogP contribution >= 0.6 is 11.8 Å². The van der Waals surface area contributed by atoms with Crippen molar-refractivity contribution in [3.05, 3.63) is 42.3 Å². The van der Waals surface area contributed by atoms with E-state index in [1.165, 1.54) is 11.8 Å². The van der Waals surface area contributed by atoms with Crippen LogP contribution in [0.15, 0.2) is 51.3 Å². The van der Waals surface area contributed by atoms with Gasteiger partial charge in [0.25, 0.3) is 5.22 Å². The van der Waals surface area contributed by atoms with Gasteiger partial charge in [0.2, 0.25) is 0 Å². The van der Waals surface area contributed by atoms with Crippen molar-refractivity contribution in [2.75, 3.05) is 0 Å². The van der Waals surface area contributed by atoms with Gasteiger partial charge < -0.3 is 9.52 Å². The average molecular weight is 235 g/mol. The molecule has 1 unspecified atom stereocenters. The third kappa shape index (κ3) is 2.65. The summed E-state index contributed by atoms with van der Waals surface area (Å²) in [5.41, 5.74) is 0.944. The highest BCUT2D eigenvalue weighted by Crippen LogP contribution is 2.27. The monoisotopic (exact) mass is 235 g/mol. The van der Waals surface area contributed by atoms with Gasteiger partial charge in [-0.3, -0.25) is 0 Å². The van der Waals surface area contributed by atoms with Crippen molar-refractivity contribution in [3.8, 4) is 0 Å². The van der Waals surface area contributed by atoms with Crippen molar-refractivity contribution >= 4 is 11.8 Å². The molecule has 2 aromatic rings. The number of rotatable bonds is 4. The summed E-state index contributed by atoms with van der Waals surface area (Å²) in [4.78, 5) is 5.08. The number of hydrogen-bond donors (Lipinski definition) is 1. The zero-order valence-corrected chi connectivity index (χ0v) is 9.78. The topological polar surface area (TPSA) is 46.3 Å². The average Bonchev–Trinajstić information content (AvgIpc) is 2.82. The quantitative estimate of drug-likeness (QED) is 0.883. The highest BCUT2D eigenvalue weighted by molar-refractivity contribution is 7.99. The molecule has 0 aliphatic heterocycles. The van der Waals surface area contributed by atoms with E-state index >= 15 is 0 Å². The van der Waals surface area contributed by atoms with Crippen LogP contribution in [0, 0.1) is 0 Å². The molecule has 84 valence electrons. The smallest absolute Gasteiger partial charge is 0.260 e. The first-order valence-corrected chi connectivity index (χ1v) is 5.96. The van der Waals surface area contributed by atoms with Crippen molar-refractivity contribution < 1.29 is 9.52 Å². The van der Waals surface area contributed by atoms with Gasteiger partial charge in [0.05, 0.1) is 12.3 Å². The zero-order valence-electron chi connectivity index (χ0n) is 8.96. The van der Waals surface area contributed by atoms with Crippen LogP contribution in [-0.2, 0) is 0 Å². The summed E-state index contributed by atoms with van der Waals surface area (Å²) in [6.07, 6.45) is 3.53. The van der Waals surface area contributed by atoms with Crippen molar-refractivity contribution in [2.24, 2.45) is 0 Å². The SMILES string of the molecule is CCC(O)c1ccc(Sc2ncco2)cc1. The van der Waals surface area contributed by atoms with Crippen molar-refractivity contribution in [1.29, 1.82) is 0 Å². The largest absolute Gasteiger partial charge is 0.440 e. The van der Waals surface area contributed by atoms with Gasteiger partial charge in [0.1, 0.15) is 6.26 Å². The lowest BCUT2D eigenvalue weighted by Gasteiger charge is -2.07. The van der Waals surface area contributed by atoms with Crippen LogP contribution in [0.2, 0.25) is 0 Å². The van der Waals surface area contributed by atoms with Crippen LogP contribution in [0.4, 0.5) is 0 Å². The van der Waals surface area contributed by atoms with Gasteiger partial charge in [-0.15, -0.1) is 0 Å². The summed E-state index contributed by atoms with van der Waals surface area (Å²) in [7, 11) is 0. The van der Waals surface area contributed by atoms with E-state index in [0.717, 1.165) is 16.9 Å². The normalized spacial score (nSPS) is 12.6. The maximum Gasteiger partial charge on any atom is 0.260 e. The minimum absolute atomic E-state index is 0.374. The third-order valence-corrected chi connectivity index (χ3v) is 3.15. The lowest BCUT2D eigenvalue weighted by atomic mass is 10.1. The molecule has 1 atom stereocenters. The molecule has 1 aromatic heterocycles. The number of hydrogen-bond acceptors (Lipinski definition) is 4. The predicted octanol–water partition coefficient (Wildman–Crippen LogP) is 3.27. The van der Waals surface area contributed by atoms with Gasteiger partial charge in [0, 0.05) is 4.90 Å². The maximum absolute atomic E-state index is 9.64. The summed E-state index contributed by atoms with van der Waals surface area (Å²) in [5.74, 6) is 0. The molecule has 1 heterocycles. The lowest BCUT2D eigenvalue weighted by Crippen LogP contribution is -1.93. The molecule has 0 saturated carbocycles. The van der Waals surface area contributed by atoms with Gasteiger partial charge in [0.15, 0.2) is 0 Å². The Morgan fingerprint density at radius 2 is 2.12 bits per heavy atom. The van der Waals surface area contributed by atoms with E-state index in [4.69, 9.17) is 4.42 Å². The number of aromatic nitrogens is 1. The molecule has 0 radical (unpaired) electrons. The summed E-state index contributed by atoms with van der Waals surface area (Å²) in [6.45, 7) is 1.96. The van der Waals surface area contributed by atoms with E-state index in [-0.39, 0.29) is 6.10 Å². The van der Waals surface area contributed by atoms with Gasteiger partial charge in [-0.25, -0.2) is 4.98 Å². The maximum atomic E-state index is 9.64. The van der Waals surface area contributed by atoms with Gasteiger partial charge in [-0.2, -0.15) is 0 Å². The number of benzene rings is 1. The molecule has 0 aliphatic carbocycles. The van der Waals surface area contributed by atoms with Crippen LogP contribution in [-0.4, -0.2) is 10.1 Å². The molecule has 3 nitrogen and oxygen atoms in total. The Morgan fingerprint density at radius 3 is 2.69 bits per heavy atom. The minimum Gasteiger partial charge on any atom is -0.440 e. The predicted molar refractivity (Wildman–Crippen MR) is 62.3 cm³/mol. The number of aliphatic hydroxyl groups is 1. The van der Waals surface area contributed by atoms with E-state index in [1.807, 2.05) is 31.2 Å². The molecular weight excluding hydrogens is 222 g/mol. The first-order chi connectivity index (χ1) is 7.79. The highest BCUT2D eigenvalue weighted by Gasteiger charge is 2.05. The Labute approximate surface area is 98.5 Å². The van der Waals surface area contributed by atoms with Crippen molar-refractivity contribution in [3.63, 3.8) is 0 Å². The summed E-state index contributed by atoms with van der Waals surface area (Å²) in [5, 5.41) is 10.3. The first kappa shape index (κ1) is 11.2. The van der Waals surface area contributed by atoms with Crippen molar-refractivity contribution in [1.82, 2.24) is 4.98 Å². The molecule has 0 aliphatic rings. The number of aliphatic hydroxyl groups excluding tert-OH is 1. The molecule has 0 saturated heterocycles. The van der Waals surface area contributed by atoms with Gasteiger partial charge in [-0.1, -0.05) is 19.1 Å². The Balaban J connectivity index is 2.07. The molecule has 2 rings (SSSR count). The standard InChI is InChI=1S/C12H13NO2S/c1-2-11(14)9-3-5-10(6-4-9)16-12-13-7-8-15-12/h3-8,11,14H,2H2,1H3. The first-order valence-electron chi connectivity index (χ1n) is 5.15. The Hall–Kier alpha value is -1.26. The molecule has 0 fully saturated rings. The minimum atomic E-state index is -0.374. The van der Waals surface area contributed by atoms with Crippen molar-refractivity contribution in [2.45, 2.75) is 29.6 Å². The summed E-state index contributed by atoms with van der Waals surface area (Å²) in [6, 6.07) is 7.78. The van der Waals surface area contributed by atoms with E-state index in [0.29, 0.717) is 5.22 Å². The van der Waals surface area contributed by atoms with E-state index < -0.39 is 0 Å². The second kappa shape index (κ2) is 5.18. The molecular formula is C12H13NO2S. The van der Waals surface area contributed by atoms with Gasteiger partial charge in [-0.05, 0) is 35.9 Å².